The number of carbonyl (C=O) groups is 2. The summed E-state index contributed by atoms with van der Waals surface area (Å²) in [5.41, 5.74) is 1.80. The normalized spacial score (nSPS) is 20.3. The van der Waals surface area contributed by atoms with Crippen LogP contribution in [0.1, 0.15) is 23.2 Å². The number of benzene rings is 1. The van der Waals surface area contributed by atoms with Crippen LogP contribution in [-0.4, -0.2) is 104 Å². The summed E-state index contributed by atoms with van der Waals surface area (Å²) in [6, 6.07) is 4.42. The minimum Gasteiger partial charge on any atom is -0.370 e. The van der Waals surface area contributed by atoms with Crippen molar-refractivity contribution < 1.29 is 23.5 Å². The van der Waals surface area contributed by atoms with Gasteiger partial charge in [-0.3, -0.25) is 9.78 Å². The number of pyridine rings is 1. The van der Waals surface area contributed by atoms with E-state index in [1.165, 1.54) is 17.0 Å². The molecule has 0 bridgehead atoms. The maximum Gasteiger partial charge on any atom is 0.319 e. The van der Waals surface area contributed by atoms with Gasteiger partial charge in [0.15, 0.2) is 5.79 Å². The summed E-state index contributed by atoms with van der Waals surface area (Å²) in [4.78, 5) is 37.5. The molecule has 10 heteroatoms. The highest BCUT2D eigenvalue weighted by atomic mass is 19.1. The Labute approximate surface area is 198 Å². The van der Waals surface area contributed by atoms with Crippen molar-refractivity contribution in [1.82, 2.24) is 19.7 Å². The first kappa shape index (κ1) is 22.8. The van der Waals surface area contributed by atoms with Crippen LogP contribution in [0, 0.1) is 5.82 Å². The molecule has 0 saturated carbocycles. The lowest BCUT2D eigenvalue weighted by atomic mass is 9.99. The van der Waals surface area contributed by atoms with Crippen LogP contribution in [-0.2, 0) is 9.47 Å². The van der Waals surface area contributed by atoms with E-state index in [0.29, 0.717) is 87.5 Å². The van der Waals surface area contributed by atoms with Crippen molar-refractivity contribution in [3.63, 3.8) is 0 Å². The second kappa shape index (κ2) is 8.99. The Kier molecular flexibility index (Phi) is 6.03. The molecule has 0 atom stereocenters. The molecule has 0 aliphatic carbocycles. The average molecular weight is 472 g/mol. The van der Waals surface area contributed by atoms with Crippen LogP contribution in [0.4, 0.5) is 14.9 Å². The van der Waals surface area contributed by atoms with Gasteiger partial charge in [-0.1, -0.05) is 0 Å². The van der Waals surface area contributed by atoms with Crippen LogP contribution >= 0.6 is 0 Å². The fourth-order valence-corrected chi connectivity index (χ4v) is 5.06. The van der Waals surface area contributed by atoms with Crippen molar-refractivity contribution in [2.75, 3.05) is 71.5 Å². The molecule has 2 aromatic rings. The molecule has 9 nitrogen and oxygen atoms in total. The number of fused-ring (bicyclic) bond motifs is 1. The average Bonchev–Trinajstić information content (AvgIpc) is 3.31. The van der Waals surface area contributed by atoms with Crippen molar-refractivity contribution in [3.8, 4) is 0 Å². The van der Waals surface area contributed by atoms with Gasteiger partial charge >= 0.3 is 6.03 Å². The predicted octanol–water partition coefficient (Wildman–Crippen LogP) is 2.16. The topological polar surface area (TPSA) is 78.5 Å². The summed E-state index contributed by atoms with van der Waals surface area (Å²) >= 11 is 0. The Bertz CT molecular complexity index is 1090. The smallest absolute Gasteiger partial charge is 0.319 e. The zero-order valence-electron chi connectivity index (χ0n) is 19.6. The van der Waals surface area contributed by atoms with Crippen molar-refractivity contribution >= 4 is 28.5 Å². The van der Waals surface area contributed by atoms with E-state index in [4.69, 9.17) is 9.47 Å². The zero-order chi connectivity index (χ0) is 23.9. The minimum atomic E-state index is -0.552. The van der Waals surface area contributed by atoms with E-state index in [2.05, 4.69) is 9.88 Å². The van der Waals surface area contributed by atoms with E-state index in [-0.39, 0.29) is 17.8 Å². The summed E-state index contributed by atoms with van der Waals surface area (Å²) in [7, 11) is 3.44. The molecule has 3 aliphatic rings. The molecule has 3 fully saturated rings. The number of hydrogen-bond acceptors (Lipinski definition) is 6. The maximum atomic E-state index is 14.3. The molecule has 1 aromatic carbocycles. The van der Waals surface area contributed by atoms with E-state index in [9.17, 15) is 14.0 Å². The second-order valence-corrected chi connectivity index (χ2v) is 9.23. The van der Waals surface area contributed by atoms with Gasteiger partial charge in [-0.15, -0.1) is 0 Å². The molecular weight excluding hydrogens is 441 g/mol. The Morgan fingerprint density at radius 1 is 1.00 bits per heavy atom. The van der Waals surface area contributed by atoms with Gasteiger partial charge in [0.25, 0.3) is 5.91 Å². The highest BCUT2D eigenvalue weighted by Gasteiger charge is 2.41. The molecule has 0 unspecified atom stereocenters. The molecule has 0 radical (unpaired) electrons. The van der Waals surface area contributed by atoms with Crippen LogP contribution in [0.2, 0.25) is 0 Å². The number of amides is 3. The van der Waals surface area contributed by atoms with Crippen LogP contribution in [0.25, 0.3) is 10.9 Å². The number of hydrogen-bond donors (Lipinski definition) is 0. The number of urea groups is 1. The number of ether oxygens (including phenoxy) is 2. The fourth-order valence-electron chi connectivity index (χ4n) is 5.06. The monoisotopic (exact) mass is 471 g/mol. The molecule has 1 aromatic heterocycles. The number of nitrogens with zero attached hydrogens (tertiary/aromatic N) is 5. The Morgan fingerprint density at radius 2 is 1.65 bits per heavy atom. The fraction of sp³-hybridized carbons (Fsp3) is 0.542. The predicted molar refractivity (Wildman–Crippen MR) is 124 cm³/mol. The van der Waals surface area contributed by atoms with Gasteiger partial charge in [0, 0.05) is 77.8 Å². The molecule has 0 N–H and O–H groups in total. The zero-order valence-corrected chi connectivity index (χ0v) is 19.6. The van der Waals surface area contributed by atoms with E-state index in [1.54, 1.807) is 36.2 Å². The van der Waals surface area contributed by atoms with Crippen molar-refractivity contribution in [3.05, 3.63) is 35.8 Å². The number of halogens is 1. The van der Waals surface area contributed by atoms with E-state index < -0.39 is 5.79 Å². The first-order valence-electron chi connectivity index (χ1n) is 11.7. The third-order valence-electron chi connectivity index (χ3n) is 6.91. The summed E-state index contributed by atoms with van der Waals surface area (Å²) < 4.78 is 26.0. The third kappa shape index (κ3) is 4.16. The van der Waals surface area contributed by atoms with Crippen LogP contribution in [0.3, 0.4) is 0 Å². The van der Waals surface area contributed by atoms with E-state index >= 15 is 0 Å². The molecule has 4 heterocycles. The molecule has 3 aliphatic heterocycles. The van der Waals surface area contributed by atoms with Crippen LogP contribution < -0.4 is 4.90 Å². The lowest BCUT2D eigenvalue weighted by molar-refractivity contribution is -0.169. The molecular formula is C24H30FN5O4. The van der Waals surface area contributed by atoms with Gasteiger partial charge in [0.05, 0.1) is 30.0 Å². The van der Waals surface area contributed by atoms with Gasteiger partial charge in [-0.25, -0.2) is 9.18 Å². The Hall–Kier alpha value is -2.98. The minimum absolute atomic E-state index is 0.0609. The summed E-state index contributed by atoms with van der Waals surface area (Å²) in [5, 5.41) is 0.622. The molecule has 3 saturated heterocycles. The van der Waals surface area contributed by atoms with Crippen molar-refractivity contribution in [2.45, 2.75) is 18.6 Å². The number of piperidine rings is 1. The summed E-state index contributed by atoms with van der Waals surface area (Å²) in [5.74, 6) is -1.07. The standard InChI is InChI=1S/C24H30FN5O4/c1-27(2)23(32)30-11-9-29(10-12-30)22(31)19-16-26-20-4-3-17(25)15-18(20)21(19)28-7-5-24(6-8-28)33-13-14-34-24/h3-4,15-16H,5-14H2,1-2H3. The lowest BCUT2D eigenvalue weighted by Crippen LogP contribution is -2.53. The maximum absolute atomic E-state index is 14.3. The third-order valence-corrected chi connectivity index (χ3v) is 6.91. The van der Waals surface area contributed by atoms with Gasteiger partial charge in [0.1, 0.15) is 5.82 Å². The number of carbonyl (C=O) groups excluding carboxylic acids is 2. The molecule has 1 spiro atoms. The van der Waals surface area contributed by atoms with Gasteiger partial charge in [-0.2, -0.15) is 0 Å². The van der Waals surface area contributed by atoms with Crippen molar-refractivity contribution in [1.29, 1.82) is 0 Å². The van der Waals surface area contributed by atoms with E-state index in [1.807, 2.05) is 0 Å². The van der Waals surface area contributed by atoms with E-state index in [0.717, 1.165) is 0 Å². The summed E-state index contributed by atoms with van der Waals surface area (Å²) in [6.45, 7) is 4.24. The number of anilines is 1. The number of rotatable bonds is 2. The summed E-state index contributed by atoms with van der Waals surface area (Å²) in [6.07, 6.45) is 2.94. The van der Waals surface area contributed by atoms with Crippen LogP contribution in [0.15, 0.2) is 24.4 Å². The second-order valence-electron chi connectivity index (χ2n) is 9.23. The molecule has 34 heavy (non-hydrogen) atoms. The van der Waals surface area contributed by atoms with Gasteiger partial charge < -0.3 is 29.1 Å². The Balaban J connectivity index is 1.43. The molecule has 3 amide bonds. The van der Waals surface area contributed by atoms with Crippen molar-refractivity contribution in [2.24, 2.45) is 0 Å². The van der Waals surface area contributed by atoms with Gasteiger partial charge in [-0.05, 0) is 18.2 Å². The largest absolute Gasteiger partial charge is 0.370 e. The van der Waals surface area contributed by atoms with Gasteiger partial charge in [0.2, 0.25) is 0 Å². The molecule has 182 valence electrons. The quantitative estimate of drug-likeness (QED) is 0.668. The lowest BCUT2D eigenvalue weighted by Gasteiger charge is -2.40. The SMILES string of the molecule is CN(C)C(=O)N1CCN(C(=O)c2cnc3ccc(F)cc3c2N2CCC3(CC2)OCCO3)CC1. The molecule has 5 rings (SSSR count). The van der Waals surface area contributed by atoms with Crippen LogP contribution in [0.5, 0.6) is 0 Å². The highest BCUT2D eigenvalue weighted by molar-refractivity contribution is 6.07. The first-order valence-corrected chi connectivity index (χ1v) is 11.7. The number of piperazine rings is 1. The first-order chi connectivity index (χ1) is 16.4. The number of aromatic nitrogens is 1. The Morgan fingerprint density at radius 3 is 2.29 bits per heavy atom. The highest BCUT2D eigenvalue weighted by Crippen LogP contribution is 2.37.